The van der Waals surface area contributed by atoms with E-state index in [1.807, 2.05) is 6.07 Å². The fourth-order valence-electron chi connectivity index (χ4n) is 3.15. The number of nitrogens with zero attached hydrogens (tertiary/aromatic N) is 1. The van der Waals surface area contributed by atoms with Gasteiger partial charge >= 0.3 is 6.18 Å². The summed E-state index contributed by atoms with van der Waals surface area (Å²) in [5, 5.41) is 0. The van der Waals surface area contributed by atoms with Crippen LogP contribution in [0.2, 0.25) is 0 Å². The van der Waals surface area contributed by atoms with Crippen LogP contribution in [-0.4, -0.2) is 30.6 Å². The summed E-state index contributed by atoms with van der Waals surface area (Å²) < 4.78 is 44.6. The first-order chi connectivity index (χ1) is 9.00. The first kappa shape index (κ1) is 15.6. The van der Waals surface area contributed by atoms with Gasteiger partial charge in [-0.05, 0) is 23.7 Å². The maximum atomic E-state index is 13.0. The summed E-state index contributed by atoms with van der Waals surface area (Å²) in [7, 11) is 0. The number of fused-ring (bicyclic) bond motifs is 3. The Hall–Kier alpha value is -0.780. The molecule has 1 aromatic rings. The van der Waals surface area contributed by atoms with Gasteiger partial charge in [0.1, 0.15) is 0 Å². The Kier molecular flexibility index (Phi) is 4.33. The van der Waals surface area contributed by atoms with Crippen molar-refractivity contribution < 1.29 is 17.9 Å². The summed E-state index contributed by atoms with van der Waals surface area (Å²) in [6.07, 6.45) is -4.26. The molecule has 0 spiro atoms. The molecule has 1 aromatic carbocycles. The van der Waals surface area contributed by atoms with Crippen LogP contribution in [0.5, 0.6) is 0 Å². The van der Waals surface area contributed by atoms with Crippen LogP contribution in [0.15, 0.2) is 18.2 Å². The van der Waals surface area contributed by atoms with Gasteiger partial charge in [0.05, 0.1) is 18.3 Å². The average molecular weight is 308 g/mol. The molecule has 6 heteroatoms. The number of ether oxygens (including phenoxy) is 1. The van der Waals surface area contributed by atoms with Gasteiger partial charge in [-0.1, -0.05) is 19.1 Å². The fourth-order valence-corrected chi connectivity index (χ4v) is 3.15. The van der Waals surface area contributed by atoms with E-state index in [0.717, 1.165) is 31.3 Å². The van der Waals surface area contributed by atoms with E-state index in [4.69, 9.17) is 4.74 Å². The van der Waals surface area contributed by atoms with Crippen molar-refractivity contribution in [1.29, 1.82) is 0 Å². The highest BCUT2D eigenvalue weighted by molar-refractivity contribution is 5.85. The van der Waals surface area contributed by atoms with Crippen molar-refractivity contribution in [3.8, 4) is 0 Å². The normalized spacial score (nSPS) is 25.8. The van der Waals surface area contributed by atoms with Crippen LogP contribution < -0.4 is 0 Å². The van der Waals surface area contributed by atoms with E-state index in [9.17, 15) is 13.2 Å². The molecular formula is C14H17ClF3NO. The van der Waals surface area contributed by atoms with Gasteiger partial charge in [0, 0.05) is 19.0 Å². The topological polar surface area (TPSA) is 12.5 Å². The Balaban J connectivity index is 0.00000147. The molecule has 20 heavy (non-hydrogen) atoms. The van der Waals surface area contributed by atoms with Crippen LogP contribution in [0.3, 0.4) is 0 Å². The number of rotatable bonds is 1. The van der Waals surface area contributed by atoms with Crippen LogP contribution in [0.25, 0.3) is 0 Å². The molecule has 2 heterocycles. The third-order valence-electron chi connectivity index (χ3n) is 4.15. The summed E-state index contributed by atoms with van der Waals surface area (Å²) in [6, 6.07) is 4.48. The van der Waals surface area contributed by atoms with E-state index >= 15 is 0 Å². The number of hydrogen-bond acceptors (Lipinski definition) is 2. The first-order valence-electron chi connectivity index (χ1n) is 6.53. The zero-order chi connectivity index (χ0) is 13.6. The fraction of sp³-hybridized carbons (Fsp3) is 0.571. The molecule has 0 N–H and O–H groups in total. The second-order valence-electron chi connectivity index (χ2n) is 5.18. The monoisotopic (exact) mass is 307 g/mol. The third kappa shape index (κ3) is 2.54. The lowest BCUT2D eigenvalue weighted by Crippen LogP contribution is -2.29. The van der Waals surface area contributed by atoms with E-state index in [1.54, 1.807) is 0 Å². The minimum Gasteiger partial charge on any atom is -0.371 e. The van der Waals surface area contributed by atoms with Crippen LogP contribution in [0.1, 0.15) is 29.5 Å². The number of halogens is 4. The number of likely N-dealkylation sites (N-methyl/N-ethyl adjacent to an activating group) is 1. The Labute approximate surface area is 122 Å². The van der Waals surface area contributed by atoms with Crippen molar-refractivity contribution in [3.63, 3.8) is 0 Å². The van der Waals surface area contributed by atoms with Crippen molar-refractivity contribution in [2.24, 2.45) is 0 Å². The summed E-state index contributed by atoms with van der Waals surface area (Å²) >= 11 is 0. The Morgan fingerprint density at radius 1 is 1.30 bits per heavy atom. The van der Waals surface area contributed by atoms with Gasteiger partial charge in [0.2, 0.25) is 0 Å². The highest BCUT2D eigenvalue weighted by Gasteiger charge is 2.42. The lowest BCUT2D eigenvalue weighted by molar-refractivity contribution is -0.139. The van der Waals surface area contributed by atoms with E-state index in [0.29, 0.717) is 5.56 Å². The maximum Gasteiger partial charge on any atom is 0.416 e. The van der Waals surface area contributed by atoms with Crippen LogP contribution in [-0.2, 0) is 17.5 Å². The summed E-state index contributed by atoms with van der Waals surface area (Å²) in [4.78, 5) is 2.23. The minimum atomic E-state index is -4.30. The van der Waals surface area contributed by atoms with Crippen LogP contribution in [0.4, 0.5) is 13.2 Å². The molecule has 112 valence electrons. The predicted molar refractivity (Wildman–Crippen MR) is 72.1 cm³/mol. The molecule has 0 aromatic heterocycles. The lowest BCUT2D eigenvalue weighted by Gasteiger charge is -2.29. The van der Waals surface area contributed by atoms with Gasteiger partial charge in [-0.2, -0.15) is 13.2 Å². The standard InChI is InChI=1S/C14H16F3NO.ClH/c1-2-18-6-10-9-4-3-5-12(14(15,16)17)11(9)8-19-13(10)7-18;/h3-5,10,13H,2,6-8H2,1H3;1H/t10-,13-;/m0./s1. The Bertz CT molecular complexity index is 492. The van der Waals surface area contributed by atoms with E-state index in [-0.39, 0.29) is 31.0 Å². The molecule has 0 aliphatic carbocycles. The molecule has 2 aliphatic rings. The zero-order valence-corrected chi connectivity index (χ0v) is 11.9. The van der Waals surface area contributed by atoms with Crippen molar-refractivity contribution in [3.05, 3.63) is 34.9 Å². The van der Waals surface area contributed by atoms with E-state index in [2.05, 4.69) is 11.8 Å². The third-order valence-corrected chi connectivity index (χ3v) is 4.15. The Morgan fingerprint density at radius 3 is 2.70 bits per heavy atom. The molecule has 3 rings (SSSR count). The van der Waals surface area contributed by atoms with Gasteiger partial charge in [-0.15, -0.1) is 12.4 Å². The van der Waals surface area contributed by atoms with Gasteiger partial charge in [0.15, 0.2) is 0 Å². The zero-order valence-electron chi connectivity index (χ0n) is 11.1. The minimum absolute atomic E-state index is 0. The van der Waals surface area contributed by atoms with Gasteiger partial charge in [-0.25, -0.2) is 0 Å². The van der Waals surface area contributed by atoms with Gasteiger partial charge in [-0.3, -0.25) is 0 Å². The molecule has 0 unspecified atom stereocenters. The molecule has 1 saturated heterocycles. The number of likely N-dealkylation sites (tertiary alicyclic amines) is 1. The summed E-state index contributed by atoms with van der Waals surface area (Å²) in [5.74, 6) is 0.0750. The van der Waals surface area contributed by atoms with Crippen molar-refractivity contribution in [2.75, 3.05) is 19.6 Å². The molecule has 2 atom stereocenters. The summed E-state index contributed by atoms with van der Waals surface area (Å²) in [5.41, 5.74) is 0.606. The average Bonchev–Trinajstić information content (AvgIpc) is 2.80. The second kappa shape index (κ2) is 5.54. The molecule has 1 fully saturated rings. The van der Waals surface area contributed by atoms with Crippen molar-refractivity contribution in [2.45, 2.75) is 31.7 Å². The first-order valence-corrected chi connectivity index (χ1v) is 6.53. The predicted octanol–water partition coefficient (Wildman–Crippen LogP) is 3.45. The second-order valence-corrected chi connectivity index (χ2v) is 5.18. The van der Waals surface area contributed by atoms with Crippen molar-refractivity contribution in [1.82, 2.24) is 4.90 Å². The number of benzene rings is 1. The Morgan fingerprint density at radius 2 is 2.05 bits per heavy atom. The molecule has 0 radical (unpaired) electrons. The van der Waals surface area contributed by atoms with E-state index in [1.165, 1.54) is 6.07 Å². The SMILES string of the molecule is CCN1C[C@@H]2OCc3c(cccc3C(F)(F)F)[C@@H]2C1.Cl. The number of hydrogen-bond donors (Lipinski definition) is 0. The smallest absolute Gasteiger partial charge is 0.371 e. The molecule has 2 aliphatic heterocycles. The van der Waals surface area contributed by atoms with Gasteiger partial charge in [0.25, 0.3) is 0 Å². The molecule has 0 bridgehead atoms. The van der Waals surface area contributed by atoms with Crippen molar-refractivity contribution >= 4 is 12.4 Å². The van der Waals surface area contributed by atoms with Gasteiger partial charge < -0.3 is 9.64 Å². The number of alkyl halides is 3. The molecule has 2 nitrogen and oxygen atoms in total. The highest BCUT2D eigenvalue weighted by Crippen LogP contribution is 2.42. The van der Waals surface area contributed by atoms with E-state index < -0.39 is 11.7 Å². The van der Waals surface area contributed by atoms with Crippen LogP contribution in [0, 0.1) is 0 Å². The molecule has 0 saturated carbocycles. The quantitative estimate of drug-likeness (QED) is 0.788. The highest BCUT2D eigenvalue weighted by atomic mass is 35.5. The largest absolute Gasteiger partial charge is 0.416 e. The lowest BCUT2D eigenvalue weighted by atomic mass is 9.87. The molecular weight excluding hydrogens is 291 g/mol. The molecule has 0 amide bonds. The summed E-state index contributed by atoms with van der Waals surface area (Å²) in [6.45, 7) is 4.64. The van der Waals surface area contributed by atoms with Crippen LogP contribution >= 0.6 is 12.4 Å². The maximum absolute atomic E-state index is 13.0.